The average Bonchev–Trinajstić information content (AvgIpc) is 2.21. The van der Waals surface area contributed by atoms with Crippen LogP contribution >= 0.6 is 12.2 Å². The fraction of sp³-hybridized carbons (Fsp3) is 0.833. The molecule has 0 saturated carbocycles. The minimum atomic E-state index is 0.183. The molecule has 0 saturated heterocycles. The quantitative estimate of drug-likeness (QED) is 0.666. The van der Waals surface area contributed by atoms with Crippen molar-refractivity contribution in [1.29, 1.82) is 0 Å². The van der Waals surface area contributed by atoms with Crippen molar-refractivity contribution in [2.75, 3.05) is 27.2 Å². The zero-order chi connectivity index (χ0) is 13.4. The Morgan fingerprint density at radius 2 is 1.82 bits per heavy atom. The van der Waals surface area contributed by atoms with E-state index >= 15 is 0 Å². The van der Waals surface area contributed by atoms with E-state index in [1.807, 2.05) is 0 Å². The largest absolute Gasteiger partial charge is 0.393 e. The second kappa shape index (κ2) is 8.42. The van der Waals surface area contributed by atoms with E-state index in [-0.39, 0.29) is 5.91 Å². The van der Waals surface area contributed by atoms with Crippen LogP contribution in [0, 0.1) is 0 Å². The van der Waals surface area contributed by atoms with Crippen molar-refractivity contribution in [2.24, 2.45) is 5.73 Å². The summed E-state index contributed by atoms with van der Waals surface area (Å²) in [5.74, 6) is 0.183. The summed E-state index contributed by atoms with van der Waals surface area (Å²) in [6.45, 7) is 6.09. The maximum absolute atomic E-state index is 11.4. The number of rotatable bonds is 8. The van der Waals surface area contributed by atoms with Gasteiger partial charge in [0.1, 0.15) is 0 Å². The van der Waals surface area contributed by atoms with Gasteiger partial charge < -0.3 is 15.5 Å². The third kappa shape index (κ3) is 8.10. The first-order chi connectivity index (χ1) is 7.84. The molecule has 5 heteroatoms. The van der Waals surface area contributed by atoms with Gasteiger partial charge in [-0.2, -0.15) is 0 Å². The van der Waals surface area contributed by atoms with E-state index in [9.17, 15) is 4.79 Å². The van der Waals surface area contributed by atoms with Crippen LogP contribution in [0.2, 0.25) is 0 Å². The van der Waals surface area contributed by atoms with Crippen LogP contribution in [0.4, 0.5) is 0 Å². The highest BCUT2D eigenvalue weighted by atomic mass is 32.1. The van der Waals surface area contributed by atoms with Crippen LogP contribution in [-0.4, -0.2) is 53.9 Å². The number of thiocarbonyl (C=S) groups is 1. The Bertz CT molecular complexity index is 254. The highest BCUT2D eigenvalue weighted by Gasteiger charge is 2.11. The molecule has 1 amide bonds. The minimum Gasteiger partial charge on any atom is -0.393 e. The Morgan fingerprint density at radius 1 is 1.24 bits per heavy atom. The molecule has 0 fully saturated rings. The van der Waals surface area contributed by atoms with E-state index in [2.05, 4.69) is 18.7 Å². The lowest BCUT2D eigenvalue weighted by molar-refractivity contribution is -0.128. The highest BCUT2D eigenvalue weighted by molar-refractivity contribution is 7.80. The SMILES string of the molecule is CC(C)N(CCCC(=O)N(C)C)CCC(N)=S. The lowest BCUT2D eigenvalue weighted by atomic mass is 10.2. The van der Waals surface area contributed by atoms with Gasteiger partial charge in [-0.05, 0) is 26.8 Å². The van der Waals surface area contributed by atoms with Crippen LogP contribution in [-0.2, 0) is 4.79 Å². The van der Waals surface area contributed by atoms with Gasteiger partial charge in [0.2, 0.25) is 5.91 Å². The first kappa shape index (κ1) is 16.3. The molecule has 0 heterocycles. The van der Waals surface area contributed by atoms with Gasteiger partial charge in [0.25, 0.3) is 0 Å². The van der Waals surface area contributed by atoms with Gasteiger partial charge >= 0.3 is 0 Å². The normalized spacial score (nSPS) is 10.9. The summed E-state index contributed by atoms with van der Waals surface area (Å²) in [6.07, 6.45) is 2.23. The molecule has 0 aromatic carbocycles. The molecule has 17 heavy (non-hydrogen) atoms. The number of carbonyl (C=O) groups excluding carboxylic acids is 1. The molecule has 100 valence electrons. The van der Waals surface area contributed by atoms with Crippen molar-refractivity contribution >= 4 is 23.1 Å². The summed E-state index contributed by atoms with van der Waals surface area (Å²) in [5.41, 5.74) is 5.50. The third-order valence-corrected chi connectivity index (χ3v) is 2.91. The molecule has 2 N–H and O–H groups in total. The first-order valence-electron chi connectivity index (χ1n) is 6.07. The number of carbonyl (C=O) groups is 1. The first-order valence-corrected chi connectivity index (χ1v) is 6.48. The van der Waals surface area contributed by atoms with E-state index in [4.69, 9.17) is 18.0 Å². The van der Waals surface area contributed by atoms with Gasteiger partial charge in [0.05, 0.1) is 4.99 Å². The van der Waals surface area contributed by atoms with Gasteiger partial charge in [-0.1, -0.05) is 12.2 Å². The Hall–Kier alpha value is -0.680. The van der Waals surface area contributed by atoms with Crippen molar-refractivity contribution in [2.45, 2.75) is 39.2 Å². The predicted octanol–water partition coefficient (Wildman–Crippen LogP) is 1.24. The molecule has 0 aromatic heterocycles. The summed E-state index contributed by atoms with van der Waals surface area (Å²) < 4.78 is 0. The van der Waals surface area contributed by atoms with E-state index in [1.54, 1.807) is 19.0 Å². The Balaban J connectivity index is 3.93. The number of hydrogen-bond acceptors (Lipinski definition) is 3. The lowest BCUT2D eigenvalue weighted by Crippen LogP contribution is -2.35. The molecule has 0 unspecified atom stereocenters. The topological polar surface area (TPSA) is 49.6 Å². The summed E-state index contributed by atoms with van der Waals surface area (Å²) in [7, 11) is 3.57. The van der Waals surface area contributed by atoms with Crippen LogP contribution in [0.15, 0.2) is 0 Å². The minimum absolute atomic E-state index is 0.183. The third-order valence-electron chi connectivity index (χ3n) is 2.71. The standard InChI is InChI=1S/C12H25N3OS/c1-10(2)15(9-7-11(13)17)8-5-6-12(16)14(3)4/h10H,5-9H2,1-4H3,(H2,13,17). The zero-order valence-corrected chi connectivity index (χ0v) is 12.2. The fourth-order valence-corrected chi connectivity index (χ4v) is 1.63. The van der Waals surface area contributed by atoms with Crippen LogP contribution < -0.4 is 5.73 Å². The second-order valence-electron chi connectivity index (χ2n) is 4.74. The lowest BCUT2D eigenvalue weighted by Gasteiger charge is -2.26. The van der Waals surface area contributed by atoms with Gasteiger partial charge in [-0.15, -0.1) is 0 Å². The van der Waals surface area contributed by atoms with E-state index in [0.29, 0.717) is 17.5 Å². The Labute approximate surface area is 110 Å². The maximum atomic E-state index is 11.4. The molecule has 4 nitrogen and oxygen atoms in total. The molecule has 0 atom stereocenters. The average molecular weight is 259 g/mol. The molecule has 0 aliphatic heterocycles. The van der Waals surface area contributed by atoms with Crippen molar-refractivity contribution < 1.29 is 4.79 Å². The molecule has 0 aromatic rings. The monoisotopic (exact) mass is 259 g/mol. The highest BCUT2D eigenvalue weighted by Crippen LogP contribution is 2.04. The number of nitrogens with two attached hydrogens (primary N) is 1. The van der Waals surface area contributed by atoms with Crippen molar-refractivity contribution in [3.63, 3.8) is 0 Å². The van der Waals surface area contributed by atoms with Crippen LogP contribution in [0.5, 0.6) is 0 Å². The van der Waals surface area contributed by atoms with Crippen molar-refractivity contribution in [3.05, 3.63) is 0 Å². The van der Waals surface area contributed by atoms with Crippen LogP contribution in [0.1, 0.15) is 33.1 Å². The molecule has 0 radical (unpaired) electrons. The summed E-state index contributed by atoms with van der Waals surface area (Å²) in [6, 6.07) is 0.457. The summed E-state index contributed by atoms with van der Waals surface area (Å²) in [4.78, 5) is 15.9. The molecule has 0 bridgehead atoms. The van der Waals surface area contributed by atoms with Crippen molar-refractivity contribution in [3.8, 4) is 0 Å². The maximum Gasteiger partial charge on any atom is 0.222 e. The number of hydrogen-bond donors (Lipinski definition) is 1. The number of amides is 1. The smallest absolute Gasteiger partial charge is 0.222 e. The fourth-order valence-electron chi connectivity index (χ4n) is 1.54. The summed E-state index contributed by atoms with van der Waals surface area (Å²) in [5, 5.41) is 0. The Kier molecular flexibility index (Phi) is 8.08. The Morgan fingerprint density at radius 3 is 2.24 bits per heavy atom. The zero-order valence-electron chi connectivity index (χ0n) is 11.4. The molecular formula is C12H25N3OS. The second-order valence-corrected chi connectivity index (χ2v) is 5.26. The van der Waals surface area contributed by atoms with E-state index in [1.165, 1.54) is 0 Å². The molecule has 0 spiro atoms. The predicted molar refractivity (Wildman–Crippen MR) is 76.0 cm³/mol. The van der Waals surface area contributed by atoms with Crippen LogP contribution in [0.3, 0.4) is 0 Å². The van der Waals surface area contributed by atoms with Gasteiger partial charge in [-0.25, -0.2) is 0 Å². The van der Waals surface area contributed by atoms with E-state index < -0.39 is 0 Å². The van der Waals surface area contributed by atoms with Gasteiger partial charge in [-0.3, -0.25) is 4.79 Å². The molecule has 0 aliphatic carbocycles. The summed E-state index contributed by atoms with van der Waals surface area (Å²) >= 11 is 4.88. The van der Waals surface area contributed by atoms with Gasteiger partial charge in [0.15, 0.2) is 0 Å². The molecule has 0 rings (SSSR count). The molecule has 0 aliphatic rings. The van der Waals surface area contributed by atoms with Crippen LogP contribution in [0.25, 0.3) is 0 Å². The van der Waals surface area contributed by atoms with E-state index in [0.717, 1.165) is 25.9 Å². The number of nitrogens with zero attached hydrogens (tertiary/aromatic N) is 2. The molecular weight excluding hydrogens is 234 g/mol. The van der Waals surface area contributed by atoms with Gasteiger partial charge in [0, 0.05) is 39.5 Å². The van der Waals surface area contributed by atoms with Crippen molar-refractivity contribution in [1.82, 2.24) is 9.80 Å².